The molecule has 1 aromatic carbocycles. The molecule has 1 N–H and O–H groups in total. The number of imidazole rings is 1. The molecule has 0 aliphatic rings. The maximum atomic E-state index is 13.2. The van der Waals surface area contributed by atoms with Gasteiger partial charge in [-0.1, -0.05) is 17.3 Å². The normalized spacial score (nSPS) is 11.3. The van der Waals surface area contributed by atoms with Gasteiger partial charge in [-0.3, -0.25) is 4.79 Å². The standard InChI is InChI=1S/C14H13F2N5O2/c1-2-17-13(22)14-19-10(20-23-14)7-21-9-6-4-3-5-8(9)18-12(21)11(15)16/h3-6,11H,2,7H2,1H3,(H,17,22). The molecule has 0 aliphatic carbocycles. The number of aromatic nitrogens is 4. The molecule has 2 aromatic heterocycles. The molecule has 7 nitrogen and oxygen atoms in total. The monoisotopic (exact) mass is 321 g/mol. The number of alkyl halides is 2. The number of amides is 1. The lowest BCUT2D eigenvalue weighted by molar-refractivity contribution is 0.0912. The average Bonchev–Trinajstić information content (AvgIpc) is 3.13. The Morgan fingerprint density at radius 1 is 1.35 bits per heavy atom. The van der Waals surface area contributed by atoms with Gasteiger partial charge in [0, 0.05) is 6.54 Å². The molecule has 23 heavy (non-hydrogen) atoms. The van der Waals surface area contributed by atoms with Crippen molar-refractivity contribution in [3.63, 3.8) is 0 Å². The Labute approximate surface area is 129 Å². The van der Waals surface area contributed by atoms with E-state index >= 15 is 0 Å². The fraction of sp³-hybridized carbons (Fsp3) is 0.286. The Kier molecular flexibility index (Phi) is 4.00. The summed E-state index contributed by atoms with van der Waals surface area (Å²) in [5.41, 5.74) is 0.988. The van der Waals surface area contributed by atoms with Crippen LogP contribution in [0.5, 0.6) is 0 Å². The van der Waals surface area contributed by atoms with Crippen LogP contribution < -0.4 is 5.32 Å². The number of rotatable bonds is 5. The molecule has 0 aliphatic heterocycles. The molecule has 1 amide bonds. The van der Waals surface area contributed by atoms with E-state index in [0.717, 1.165) is 0 Å². The van der Waals surface area contributed by atoms with Crippen LogP contribution in [0.25, 0.3) is 11.0 Å². The van der Waals surface area contributed by atoms with Crippen LogP contribution in [0.1, 0.15) is 35.7 Å². The number of nitrogens with zero attached hydrogens (tertiary/aromatic N) is 4. The lowest BCUT2D eigenvalue weighted by atomic mass is 10.3. The van der Waals surface area contributed by atoms with Crippen LogP contribution in [-0.4, -0.2) is 32.1 Å². The van der Waals surface area contributed by atoms with Crippen molar-refractivity contribution in [2.45, 2.75) is 19.9 Å². The van der Waals surface area contributed by atoms with Crippen molar-refractivity contribution in [3.8, 4) is 0 Å². The van der Waals surface area contributed by atoms with Crippen molar-refractivity contribution in [2.75, 3.05) is 6.54 Å². The van der Waals surface area contributed by atoms with Gasteiger partial charge in [0.15, 0.2) is 11.6 Å². The molecule has 3 rings (SSSR count). The van der Waals surface area contributed by atoms with Crippen molar-refractivity contribution >= 4 is 16.9 Å². The topological polar surface area (TPSA) is 85.8 Å². The molecule has 2 heterocycles. The number of benzene rings is 1. The first-order valence-electron chi connectivity index (χ1n) is 6.94. The first-order chi connectivity index (χ1) is 11.1. The summed E-state index contributed by atoms with van der Waals surface area (Å²) in [6.45, 7) is 2.10. The fourth-order valence-electron chi connectivity index (χ4n) is 2.21. The summed E-state index contributed by atoms with van der Waals surface area (Å²) in [6.07, 6.45) is -2.74. The van der Waals surface area contributed by atoms with Gasteiger partial charge in [0.25, 0.3) is 6.43 Å². The predicted octanol–water partition coefficient (Wildman–Crippen LogP) is 2.15. The molecule has 0 saturated heterocycles. The van der Waals surface area contributed by atoms with Gasteiger partial charge in [0.05, 0.1) is 17.6 Å². The molecule has 0 radical (unpaired) electrons. The number of halogens is 2. The summed E-state index contributed by atoms with van der Waals surface area (Å²) in [4.78, 5) is 19.5. The first-order valence-corrected chi connectivity index (χ1v) is 6.94. The van der Waals surface area contributed by atoms with Gasteiger partial charge in [-0.05, 0) is 19.1 Å². The van der Waals surface area contributed by atoms with Gasteiger partial charge < -0.3 is 14.4 Å². The predicted molar refractivity (Wildman–Crippen MR) is 76.1 cm³/mol. The number of carbonyl (C=O) groups is 1. The maximum absolute atomic E-state index is 13.2. The maximum Gasteiger partial charge on any atom is 0.316 e. The molecule has 3 aromatic rings. The zero-order valence-electron chi connectivity index (χ0n) is 12.2. The Morgan fingerprint density at radius 3 is 2.87 bits per heavy atom. The van der Waals surface area contributed by atoms with E-state index in [1.54, 1.807) is 31.2 Å². The van der Waals surface area contributed by atoms with Crippen molar-refractivity contribution in [1.29, 1.82) is 0 Å². The van der Waals surface area contributed by atoms with Gasteiger partial charge in [0.2, 0.25) is 0 Å². The van der Waals surface area contributed by atoms with E-state index in [0.29, 0.717) is 17.6 Å². The zero-order chi connectivity index (χ0) is 16.4. The third-order valence-corrected chi connectivity index (χ3v) is 3.18. The number of fused-ring (bicyclic) bond motifs is 1. The third-order valence-electron chi connectivity index (χ3n) is 3.18. The minimum absolute atomic E-state index is 0.0664. The second-order valence-corrected chi connectivity index (χ2v) is 4.72. The average molecular weight is 321 g/mol. The lowest BCUT2D eigenvalue weighted by Crippen LogP contribution is -2.23. The van der Waals surface area contributed by atoms with E-state index in [4.69, 9.17) is 4.52 Å². The van der Waals surface area contributed by atoms with E-state index < -0.39 is 12.3 Å². The Morgan fingerprint density at radius 2 is 2.13 bits per heavy atom. The largest absolute Gasteiger partial charge is 0.348 e. The van der Waals surface area contributed by atoms with Gasteiger partial charge in [-0.25, -0.2) is 13.8 Å². The smallest absolute Gasteiger partial charge is 0.316 e. The molecule has 9 heteroatoms. The number of nitrogens with one attached hydrogen (secondary N) is 1. The Bertz CT molecular complexity index is 843. The minimum atomic E-state index is -2.74. The number of carbonyl (C=O) groups excluding carboxylic acids is 1. The van der Waals surface area contributed by atoms with Crippen LogP contribution in [0.4, 0.5) is 8.78 Å². The van der Waals surface area contributed by atoms with Crippen molar-refractivity contribution in [2.24, 2.45) is 0 Å². The van der Waals surface area contributed by atoms with E-state index in [1.807, 2.05) is 0 Å². The lowest BCUT2D eigenvalue weighted by Gasteiger charge is -2.05. The first kappa shape index (κ1) is 15.1. The SMILES string of the molecule is CCNC(=O)c1nc(Cn2c(C(F)F)nc3ccccc32)no1. The van der Waals surface area contributed by atoms with Gasteiger partial charge >= 0.3 is 11.8 Å². The highest BCUT2D eigenvalue weighted by atomic mass is 19.3. The number of hydrogen-bond donors (Lipinski definition) is 1. The van der Waals surface area contributed by atoms with E-state index in [1.165, 1.54) is 4.57 Å². The highest BCUT2D eigenvalue weighted by Crippen LogP contribution is 2.24. The summed E-state index contributed by atoms with van der Waals surface area (Å²) in [5.74, 6) is -0.965. The van der Waals surface area contributed by atoms with Crippen LogP contribution in [0.3, 0.4) is 0 Å². The number of hydrogen-bond acceptors (Lipinski definition) is 5. The molecule has 0 unspecified atom stereocenters. The highest BCUT2D eigenvalue weighted by molar-refractivity contribution is 5.89. The fourth-order valence-corrected chi connectivity index (χ4v) is 2.21. The molecule has 0 atom stereocenters. The van der Waals surface area contributed by atoms with E-state index in [2.05, 4.69) is 20.4 Å². The van der Waals surface area contributed by atoms with Crippen molar-refractivity contribution < 1.29 is 18.1 Å². The van der Waals surface area contributed by atoms with Crippen LogP contribution in [0, 0.1) is 0 Å². The zero-order valence-corrected chi connectivity index (χ0v) is 12.2. The molecule has 120 valence electrons. The summed E-state index contributed by atoms with van der Waals surface area (Å²) >= 11 is 0. The molecular weight excluding hydrogens is 308 g/mol. The van der Waals surface area contributed by atoms with Gasteiger partial charge in [0.1, 0.15) is 0 Å². The van der Waals surface area contributed by atoms with Gasteiger partial charge in [-0.15, -0.1) is 0 Å². The van der Waals surface area contributed by atoms with Crippen LogP contribution in [0.2, 0.25) is 0 Å². The molecule has 0 bridgehead atoms. The van der Waals surface area contributed by atoms with Crippen molar-refractivity contribution in [3.05, 3.63) is 41.8 Å². The van der Waals surface area contributed by atoms with Crippen LogP contribution in [0.15, 0.2) is 28.8 Å². The minimum Gasteiger partial charge on any atom is -0.348 e. The van der Waals surface area contributed by atoms with Crippen LogP contribution in [-0.2, 0) is 6.54 Å². The summed E-state index contributed by atoms with van der Waals surface area (Å²) < 4.78 is 32.5. The molecule has 0 saturated carbocycles. The summed E-state index contributed by atoms with van der Waals surface area (Å²) in [7, 11) is 0. The van der Waals surface area contributed by atoms with Gasteiger partial charge in [-0.2, -0.15) is 4.98 Å². The molecule has 0 spiro atoms. The number of para-hydroxylation sites is 2. The highest BCUT2D eigenvalue weighted by Gasteiger charge is 2.21. The molecular formula is C14H13F2N5O2. The summed E-state index contributed by atoms with van der Waals surface area (Å²) in [6, 6.07) is 6.77. The van der Waals surface area contributed by atoms with E-state index in [-0.39, 0.29) is 24.1 Å². The Balaban J connectivity index is 1.95. The van der Waals surface area contributed by atoms with Crippen LogP contribution >= 0.6 is 0 Å². The van der Waals surface area contributed by atoms with Crippen molar-refractivity contribution in [1.82, 2.24) is 25.0 Å². The Hall–Kier alpha value is -2.84. The third kappa shape index (κ3) is 2.89. The summed E-state index contributed by atoms with van der Waals surface area (Å²) in [5, 5.41) is 6.18. The molecule has 0 fully saturated rings. The quantitative estimate of drug-likeness (QED) is 0.778. The second-order valence-electron chi connectivity index (χ2n) is 4.72. The van der Waals surface area contributed by atoms with E-state index in [9.17, 15) is 13.6 Å². The second kappa shape index (κ2) is 6.11.